The molecule has 2 heteroatoms. The van der Waals surface area contributed by atoms with Crippen LogP contribution >= 0.6 is 0 Å². The highest BCUT2D eigenvalue weighted by Gasteiger charge is 1.96. The number of nitrogens with two attached hydrogens (primary N) is 1. The molecule has 0 saturated heterocycles. The largest absolute Gasteiger partial charge is 0.397 e. The lowest BCUT2D eigenvalue weighted by Crippen LogP contribution is -1.94. The molecule has 0 fully saturated rings. The summed E-state index contributed by atoms with van der Waals surface area (Å²) in [4.78, 5) is 3.89. The SMILES string of the molecule is C#Cc1cncc(C)c1N.CC. The van der Waals surface area contributed by atoms with Crippen molar-refractivity contribution in [2.75, 3.05) is 5.73 Å². The number of hydrogen-bond donors (Lipinski definition) is 1. The predicted molar refractivity (Wildman–Crippen MR) is 52.7 cm³/mol. The molecule has 0 radical (unpaired) electrons. The Kier molecular flexibility index (Phi) is 4.55. The Labute approximate surface area is 73.8 Å². The van der Waals surface area contributed by atoms with Gasteiger partial charge >= 0.3 is 0 Å². The van der Waals surface area contributed by atoms with Crippen LogP contribution in [0.25, 0.3) is 0 Å². The van der Waals surface area contributed by atoms with Gasteiger partial charge < -0.3 is 5.73 Å². The fraction of sp³-hybridized carbons (Fsp3) is 0.300. The summed E-state index contributed by atoms with van der Waals surface area (Å²) in [5, 5.41) is 0. The van der Waals surface area contributed by atoms with Crippen LogP contribution in [-0.4, -0.2) is 4.98 Å². The molecule has 0 saturated carbocycles. The van der Waals surface area contributed by atoms with Gasteiger partial charge in [-0.15, -0.1) is 6.42 Å². The molecule has 1 rings (SSSR count). The number of aromatic nitrogens is 1. The molecule has 1 aromatic heterocycles. The molecule has 2 nitrogen and oxygen atoms in total. The maximum atomic E-state index is 5.61. The molecule has 0 aromatic carbocycles. The summed E-state index contributed by atoms with van der Waals surface area (Å²) in [6.45, 7) is 5.88. The number of hydrogen-bond acceptors (Lipinski definition) is 2. The van der Waals surface area contributed by atoms with Gasteiger partial charge in [-0.3, -0.25) is 4.98 Å². The first-order valence-corrected chi connectivity index (χ1v) is 3.92. The van der Waals surface area contributed by atoms with Gasteiger partial charge in [0.15, 0.2) is 0 Å². The Morgan fingerprint density at radius 3 is 2.42 bits per heavy atom. The molecule has 0 unspecified atom stereocenters. The first-order chi connectivity index (χ1) is 5.75. The van der Waals surface area contributed by atoms with E-state index in [1.807, 2.05) is 20.8 Å². The maximum Gasteiger partial charge on any atom is 0.0658 e. The summed E-state index contributed by atoms with van der Waals surface area (Å²) in [7, 11) is 0. The minimum Gasteiger partial charge on any atom is -0.397 e. The lowest BCUT2D eigenvalue weighted by atomic mass is 10.2. The van der Waals surface area contributed by atoms with Crippen molar-refractivity contribution in [2.24, 2.45) is 0 Å². The van der Waals surface area contributed by atoms with E-state index in [2.05, 4.69) is 10.9 Å². The van der Waals surface area contributed by atoms with Crippen LogP contribution in [0.2, 0.25) is 0 Å². The van der Waals surface area contributed by atoms with E-state index < -0.39 is 0 Å². The van der Waals surface area contributed by atoms with E-state index in [0.29, 0.717) is 11.3 Å². The average molecular weight is 162 g/mol. The number of nitrogens with zero attached hydrogens (tertiary/aromatic N) is 1. The van der Waals surface area contributed by atoms with Gasteiger partial charge in [0.25, 0.3) is 0 Å². The minimum absolute atomic E-state index is 0.650. The van der Waals surface area contributed by atoms with Crippen LogP contribution in [0.15, 0.2) is 12.4 Å². The van der Waals surface area contributed by atoms with E-state index in [1.165, 1.54) is 0 Å². The van der Waals surface area contributed by atoms with Crippen LogP contribution in [0.5, 0.6) is 0 Å². The van der Waals surface area contributed by atoms with Crippen molar-refractivity contribution in [3.05, 3.63) is 23.5 Å². The van der Waals surface area contributed by atoms with Gasteiger partial charge in [0.1, 0.15) is 0 Å². The van der Waals surface area contributed by atoms with Gasteiger partial charge in [-0.25, -0.2) is 0 Å². The number of rotatable bonds is 0. The van der Waals surface area contributed by atoms with E-state index >= 15 is 0 Å². The van der Waals surface area contributed by atoms with E-state index in [0.717, 1.165) is 5.56 Å². The van der Waals surface area contributed by atoms with Crippen LogP contribution in [0, 0.1) is 19.3 Å². The second-order valence-corrected chi connectivity index (χ2v) is 2.06. The van der Waals surface area contributed by atoms with Gasteiger partial charge in [0.2, 0.25) is 0 Å². The van der Waals surface area contributed by atoms with Gasteiger partial charge in [0.05, 0.1) is 11.3 Å². The van der Waals surface area contributed by atoms with Crippen LogP contribution in [0.3, 0.4) is 0 Å². The number of aryl methyl sites for hydroxylation is 1. The zero-order valence-electron chi connectivity index (χ0n) is 7.76. The highest BCUT2D eigenvalue weighted by atomic mass is 14.7. The van der Waals surface area contributed by atoms with Crippen molar-refractivity contribution in [1.29, 1.82) is 0 Å². The third-order valence-corrected chi connectivity index (χ3v) is 1.34. The van der Waals surface area contributed by atoms with Crippen LogP contribution in [0.4, 0.5) is 5.69 Å². The zero-order valence-corrected chi connectivity index (χ0v) is 7.76. The summed E-state index contributed by atoms with van der Waals surface area (Å²) >= 11 is 0. The molecule has 0 spiro atoms. The zero-order chi connectivity index (χ0) is 9.56. The van der Waals surface area contributed by atoms with Crippen molar-refractivity contribution in [3.63, 3.8) is 0 Å². The number of pyridine rings is 1. The first kappa shape index (κ1) is 10.5. The van der Waals surface area contributed by atoms with Gasteiger partial charge in [-0.1, -0.05) is 19.8 Å². The Balaban J connectivity index is 0.000000561. The summed E-state index contributed by atoms with van der Waals surface area (Å²) in [6, 6.07) is 0. The standard InChI is InChI=1S/C8H8N2.C2H6/c1-3-7-5-10-4-6(2)8(7)9;1-2/h1,4-5H,2H3,(H2,9,10);1-2H3. The number of nitrogen functional groups attached to an aromatic ring is 1. The lowest BCUT2D eigenvalue weighted by Gasteiger charge is -1.99. The summed E-state index contributed by atoms with van der Waals surface area (Å²) in [6.07, 6.45) is 8.43. The van der Waals surface area contributed by atoms with Gasteiger partial charge in [0, 0.05) is 12.4 Å². The van der Waals surface area contributed by atoms with E-state index in [-0.39, 0.29) is 0 Å². The molecular weight excluding hydrogens is 148 g/mol. The summed E-state index contributed by atoms with van der Waals surface area (Å²) in [5.74, 6) is 2.45. The Hall–Kier alpha value is -1.49. The molecule has 64 valence electrons. The van der Waals surface area contributed by atoms with E-state index in [9.17, 15) is 0 Å². The van der Waals surface area contributed by atoms with E-state index in [4.69, 9.17) is 12.2 Å². The number of anilines is 1. The molecule has 1 aromatic rings. The highest BCUT2D eigenvalue weighted by Crippen LogP contribution is 2.12. The molecule has 2 N–H and O–H groups in total. The van der Waals surface area contributed by atoms with Crippen molar-refractivity contribution in [3.8, 4) is 12.3 Å². The topological polar surface area (TPSA) is 38.9 Å². The quantitative estimate of drug-likeness (QED) is 0.592. The Bertz CT molecular complexity index is 284. The third kappa shape index (κ3) is 2.28. The van der Waals surface area contributed by atoms with Crippen LogP contribution < -0.4 is 5.73 Å². The second kappa shape index (κ2) is 5.20. The predicted octanol–water partition coefficient (Wildman–Crippen LogP) is 1.98. The average Bonchev–Trinajstić information content (AvgIpc) is 2.13. The fourth-order valence-corrected chi connectivity index (χ4v) is 0.690. The Morgan fingerprint density at radius 2 is 2.00 bits per heavy atom. The summed E-state index contributed by atoms with van der Waals surface area (Å²) < 4.78 is 0. The molecule has 12 heavy (non-hydrogen) atoms. The normalized spacial score (nSPS) is 7.83. The maximum absolute atomic E-state index is 5.61. The molecule has 0 bridgehead atoms. The molecule has 0 atom stereocenters. The van der Waals surface area contributed by atoms with Crippen molar-refractivity contribution < 1.29 is 0 Å². The van der Waals surface area contributed by atoms with Gasteiger partial charge in [-0.2, -0.15) is 0 Å². The first-order valence-electron chi connectivity index (χ1n) is 3.92. The second-order valence-electron chi connectivity index (χ2n) is 2.06. The van der Waals surface area contributed by atoms with Crippen LogP contribution in [-0.2, 0) is 0 Å². The highest BCUT2D eigenvalue weighted by molar-refractivity contribution is 5.57. The molecule has 0 aliphatic rings. The smallest absolute Gasteiger partial charge is 0.0658 e. The molecular formula is C10H14N2. The van der Waals surface area contributed by atoms with Crippen molar-refractivity contribution >= 4 is 5.69 Å². The third-order valence-electron chi connectivity index (χ3n) is 1.34. The lowest BCUT2D eigenvalue weighted by molar-refractivity contribution is 1.26. The van der Waals surface area contributed by atoms with Crippen molar-refractivity contribution in [1.82, 2.24) is 4.98 Å². The monoisotopic (exact) mass is 162 g/mol. The summed E-state index contributed by atoms with van der Waals surface area (Å²) in [5.41, 5.74) is 7.85. The fourth-order valence-electron chi connectivity index (χ4n) is 0.690. The van der Waals surface area contributed by atoms with E-state index in [1.54, 1.807) is 12.4 Å². The molecule has 1 heterocycles. The van der Waals surface area contributed by atoms with Gasteiger partial charge in [-0.05, 0) is 12.5 Å². The minimum atomic E-state index is 0.650. The number of terminal acetylenes is 1. The van der Waals surface area contributed by atoms with Crippen LogP contribution in [0.1, 0.15) is 25.0 Å². The molecule has 0 aliphatic heterocycles. The van der Waals surface area contributed by atoms with Crippen molar-refractivity contribution in [2.45, 2.75) is 20.8 Å². The molecule has 0 amide bonds. The Morgan fingerprint density at radius 1 is 1.42 bits per heavy atom. The molecule has 0 aliphatic carbocycles.